The molecule has 1 aromatic carbocycles. The minimum atomic E-state index is 0.221. The third kappa shape index (κ3) is 2.44. The zero-order valence-electron chi connectivity index (χ0n) is 8.45. The highest BCUT2D eigenvalue weighted by atomic mass is 35.5. The Morgan fingerprint density at radius 1 is 1.12 bits per heavy atom. The molecule has 0 aliphatic heterocycles. The second kappa shape index (κ2) is 5.05. The van der Waals surface area contributed by atoms with Crippen LogP contribution in [0.25, 0.3) is 11.1 Å². The van der Waals surface area contributed by atoms with Crippen molar-refractivity contribution in [1.82, 2.24) is 4.98 Å². The van der Waals surface area contributed by atoms with E-state index in [1.54, 1.807) is 24.3 Å². The summed E-state index contributed by atoms with van der Waals surface area (Å²) in [4.78, 5) is 14.9. The van der Waals surface area contributed by atoms with E-state index < -0.39 is 0 Å². The zero-order valence-corrected chi connectivity index (χ0v) is 10.7. The molecule has 17 heavy (non-hydrogen) atoms. The first-order valence-electron chi connectivity index (χ1n) is 4.68. The molecule has 1 aromatic heterocycles. The monoisotopic (exact) mass is 285 g/mol. The van der Waals surface area contributed by atoms with Gasteiger partial charge in [-0.05, 0) is 24.3 Å². The number of aromatic nitrogens is 1. The van der Waals surface area contributed by atoms with E-state index in [1.807, 2.05) is 0 Å². The number of carbonyl (C=O) groups excluding carboxylic acids is 1. The fraction of sp³-hybridized carbons (Fsp3) is 0. The molecule has 0 aliphatic carbocycles. The molecule has 5 heteroatoms. The summed E-state index contributed by atoms with van der Waals surface area (Å²) >= 11 is 18.0. The first-order chi connectivity index (χ1) is 8.13. The topological polar surface area (TPSA) is 30.0 Å². The maximum absolute atomic E-state index is 11.0. The molecule has 0 fully saturated rings. The van der Waals surface area contributed by atoms with Crippen LogP contribution in [0.3, 0.4) is 0 Å². The molecule has 0 amide bonds. The maximum Gasteiger partial charge on any atom is 0.150 e. The molecule has 1 heterocycles. The number of aldehydes is 1. The Morgan fingerprint density at radius 3 is 2.59 bits per heavy atom. The van der Waals surface area contributed by atoms with Gasteiger partial charge in [0.05, 0.1) is 0 Å². The third-order valence-corrected chi connectivity index (χ3v) is 3.11. The summed E-state index contributed by atoms with van der Waals surface area (Å²) in [7, 11) is 0. The number of pyridine rings is 1. The number of hydrogen-bond donors (Lipinski definition) is 0. The molecule has 0 unspecified atom stereocenters. The van der Waals surface area contributed by atoms with Crippen LogP contribution in [0.2, 0.25) is 15.2 Å². The molecule has 2 rings (SSSR count). The minimum absolute atomic E-state index is 0.221. The van der Waals surface area contributed by atoms with Crippen LogP contribution in [-0.4, -0.2) is 11.3 Å². The molecule has 0 bridgehead atoms. The molecular weight excluding hydrogens is 280 g/mol. The second-order valence-electron chi connectivity index (χ2n) is 3.31. The van der Waals surface area contributed by atoms with Crippen molar-refractivity contribution in [2.24, 2.45) is 0 Å². The van der Waals surface area contributed by atoms with Gasteiger partial charge in [-0.25, -0.2) is 4.98 Å². The lowest BCUT2D eigenvalue weighted by Gasteiger charge is -2.09. The van der Waals surface area contributed by atoms with Gasteiger partial charge in [0.25, 0.3) is 0 Å². The van der Waals surface area contributed by atoms with Crippen molar-refractivity contribution < 1.29 is 4.79 Å². The largest absolute Gasteiger partial charge is 0.298 e. The quantitative estimate of drug-likeness (QED) is 0.600. The molecule has 0 N–H and O–H groups in total. The van der Waals surface area contributed by atoms with Gasteiger partial charge in [-0.1, -0.05) is 34.8 Å². The summed E-state index contributed by atoms with van der Waals surface area (Å²) in [5.74, 6) is 0. The normalized spacial score (nSPS) is 10.3. The van der Waals surface area contributed by atoms with Crippen LogP contribution in [0.5, 0.6) is 0 Å². The molecule has 0 radical (unpaired) electrons. The molecule has 0 aliphatic rings. The van der Waals surface area contributed by atoms with Crippen molar-refractivity contribution in [3.63, 3.8) is 0 Å². The lowest BCUT2D eigenvalue weighted by Crippen LogP contribution is -1.92. The van der Waals surface area contributed by atoms with Crippen LogP contribution >= 0.6 is 34.8 Å². The Hall–Kier alpha value is -1.09. The lowest BCUT2D eigenvalue weighted by atomic mass is 10.0. The minimum Gasteiger partial charge on any atom is -0.298 e. The molecule has 0 saturated heterocycles. The van der Waals surface area contributed by atoms with Crippen molar-refractivity contribution in [3.05, 3.63) is 51.2 Å². The molecular formula is C12H6Cl3NO. The lowest BCUT2D eigenvalue weighted by molar-refractivity contribution is 0.112. The maximum atomic E-state index is 11.0. The van der Waals surface area contributed by atoms with E-state index in [1.165, 1.54) is 6.20 Å². The highest BCUT2D eigenvalue weighted by molar-refractivity contribution is 6.37. The van der Waals surface area contributed by atoms with Crippen molar-refractivity contribution in [1.29, 1.82) is 0 Å². The SMILES string of the molecule is O=Cc1ccnc(Cl)c1-c1cc(Cl)ccc1Cl. The van der Waals surface area contributed by atoms with Crippen LogP contribution in [0.4, 0.5) is 0 Å². The summed E-state index contributed by atoms with van der Waals surface area (Å²) in [6, 6.07) is 6.54. The summed E-state index contributed by atoms with van der Waals surface area (Å²) < 4.78 is 0. The van der Waals surface area contributed by atoms with Crippen molar-refractivity contribution in [2.45, 2.75) is 0 Å². The summed E-state index contributed by atoms with van der Waals surface area (Å²) in [5, 5.41) is 1.20. The highest BCUT2D eigenvalue weighted by Crippen LogP contribution is 2.35. The number of halogens is 3. The number of rotatable bonds is 2. The molecule has 86 valence electrons. The van der Waals surface area contributed by atoms with Gasteiger partial charge in [-0.3, -0.25) is 4.79 Å². The van der Waals surface area contributed by atoms with E-state index in [9.17, 15) is 4.79 Å². The molecule has 0 atom stereocenters. The summed E-state index contributed by atoms with van der Waals surface area (Å²) in [6.45, 7) is 0. The molecule has 0 saturated carbocycles. The second-order valence-corrected chi connectivity index (χ2v) is 4.51. The van der Waals surface area contributed by atoms with E-state index in [0.717, 1.165) is 0 Å². The van der Waals surface area contributed by atoms with Gasteiger partial charge in [0.2, 0.25) is 0 Å². The van der Waals surface area contributed by atoms with Gasteiger partial charge in [0.1, 0.15) is 5.15 Å². The van der Waals surface area contributed by atoms with Gasteiger partial charge >= 0.3 is 0 Å². The molecule has 2 nitrogen and oxygen atoms in total. The fourth-order valence-electron chi connectivity index (χ4n) is 1.50. The molecule has 0 spiro atoms. The van der Waals surface area contributed by atoms with Crippen LogP contribution < -0.4 is 0 Å². The van der Waals surface area contributed by atoms with Gasteiger partial charge < -0.3 is 0 Å². The van der Waals surface area contributed by atoms with Gasteiger partial charge in [0, 0.05) is 32.9 Å². The Balaban J connectivity index is 2.75. The number of hydrogen-bond acceptors (Lipinski definition) is 2. The third-order valence-electron chi connectivity index (χ3n) is 2.26. The predicted octanol–water partition coefficient (Wildman–Crippen LogP) is 4.52. The van der Waals surface area contributed by atoms with Crippen LogP contribution in [-0.2, 0) is 0 Å². The van der Waals surface area contributed by atoms with Gasteiger partial charge in [-0.15, -0.1) is 0 Å². The van der Waals surface area contributed by atoms with E-state index in [4.69, 9.17) is 34.8 Å². The first kappa shape index (κ1) is 12.4. The van der Waals surface area contributed by atoms with Crippen molar-refractivity contribution in [2.75, 3.05) is 0 Å². The average Bonchev–Trinajstić information content (AvgIpc) is 2.32. The number of benzene rings is 1. The van der Waals surface area contributed by atoms with Crippen molar-refractivity contribution in [3.8, 4) is 11.1 Å². The summed E-state index contributed by atoms with van der Waals surface area (Å²) in [5.41, 5.74) is 1.52. The van der Waals surface area contributed by atoms with Crippen LogP contribution in [0.1, 0.15) is 10.4 Å². The molecule has 2 aromatic rings. The van der Waals surface area contributed by atoms with E-state index in [0.29, 0.717) is 33.0 Å². The van der Waals surface area contributed by atoms with Gasteiger partial charge in [0.15, 0.2) is 6.29 Å². The number of carbonyl (C=O) groups is 1. The Bertz CT molecular complexity index is 584. The fourth-order valence-corrected chi connectivity index (χ4v) is 2.16. The van der Waals surface area contributed by atoms with E-state index in [2.05, 4.69) is 4.98 Å². The Kier molecular flexibility index (Phi) is 3.67. The van der Waals surface area contributed by atoms with E-state index in [-0.39, 0.29) is 5.15 Å². The standard InChI is InChI=1S/C12H6Cl3NO/c13-8-1-2-10(14)9(5-8)11-7(6-17)3-4-16-12(11)15/h1-6H. The zero-order chi connectivity index (χ0) is 12.4. The Morgan fingerprint density at radius 2 is 1.88 bits per heavy atom. The smallest absolute Gasteiger partial charge is 0.150 e. The first-order valence-corrected chi connectivity index (χ1v) is 5.82. The van der Waals surface area contributed by atoms with Gasteiger partial charge in [-0.2, -0.15) is 0 Å². The number of nitrogens with zero attached hydrogens (tertiary/aromatic N) is 1. The highest BCUT2D eigenvalue weighted by Gasteiger charge is 2.13. The predicted molar refractivity (Wildman–Crippen MR) is 70.1 cm³/mol. The summed E-state index contributed by atoms with van der Waals surface area (Å²) in [6.07, 6.45) is 2.17. The average molecular weight is 287 g/mol. The Labute approximate surface area is 113 Å². The van der Waals surface area contributed by atoms with E-state index >= 15 is 0 Å². The van der Waals surface area contributed by atoms with Crippen LogP contribution in [0.15, 0.2) is 30.5 Å². The van der Waals surface area contributed by atoms with Crippen LogP contribution in [0, 0.1) is 0 Å². The van der Waals surface area contributed by atoms with Crippen molar-refractivity contribution >= 4 is 41.1 Å².